The lowest BCUT2D eigenvalue weighted by Gasteiger charge is -2.41. The van der Waals surface area contributed by atoms with Crippen molar-refractivity contribution in [3.63, 3.8) is 0 Å². The van der Waals surface area contributed by atoms with Gasteiger partial charge in [0.2, 0.25) is 5.91 Å². The third kappa shape index (κ3) is 19.3. The van der Waals surface area contributed by atoms with Gasteiger partial charge in [-0.1, -0.05) is 26.2 Å². The molecule has 0 heterocycles. The number of alkyl halides is 1. The number of ether oxygens (including phenoxy) is 4. The normalized spacial score (nSPS) is 15.1. The van der Waals surface area contributed by atoms with Crippen LogP contribution in [0.25, 0.3) is 0 Å². The Kier molecular flexibility index (Phi) is 21.0. The van der Waals surface area contributed by atoms with E-state index in [0.717, 1.165) is 19.3 Å². The molecule has 3 atom stereocenters. The Morgan fingerprint density at radius 1 is 0.825 bits per heavy atom. The highest BCUT2D eigenvalue weighted by atomic mass is 35.5. The van der Waals surface area contributed by atoms with Gasteiger partial charge in [0, 0.05) is 19.4 Å². The van der Waals surface area contributed by atoms with Crippen LogP contribution in [0.3, 0.4) is 0 Å². The highest BCUT2D eigenvalue weighted by Gasteiger charge is 2.53. The summed E-state index contributed by atoms with van der Waals surface area (Å²) in [7, 11) is 9.60. The van der Waals surface area contributed by atoms with E-state index in [-0.39, 0.29) is 57.2 Å². The Bertz CT molecular complexity index is 1550. The Morgan fingerprint density at radius 3 is 1.96 bits per heavy atom. The standard InChI is InChI=1S/C43H67ClN4O9/c1-13-15-17-18-26-54-37(51)41(5,30-40(3,4)36(50)57-34-22-20-33(21-23-34)29-45-46-35(49)19-16-14-2)31-42(6,38(52)55-27-24-47(8)9)32-43(7,44)39(53)56-28-25-48(10,11)12/h2,20-23,29H,13,15-19,24-28,30-32H2,1,3-12H3/p+1/b45-29+. The van der Waals surface area contributed by atoms with E-state index in [2.05, 4.69) is 23.4 Å². The minimum absolute atomic E-state index is 0.0660. The number of carbonyl (C=O) groups is 5. The molecule has 1 aromatic carbocycles. The summed E-state index contributed by atoms with van der Waals surface area (Å²) in [5.74, 6) is -0.219. The second-order valence-corrected chi connectivity index (χ2v) is 18.3. The van der Waals surface area contributed by atoms with E-state index in [0.29, 0.717) is 36.0 Å². The van der Waals surface area contributed by atoms with Crippen LogP contribution < -0.4 is 10.2 Å². The van der Waals surface area contributed by atoms with Crippen molar-refractivity contribution in [1.29, 1.82) is 0 Å². The van der Waals surface area contributed by atoms with Gasteiger partial charge in [0.15, 0.2) is 0 Å². The van der Waals surface area contributed by atoms with Gasteiger partial charge in [-0.25, -0.2) is 5.43 Å². The van der Waals surface area contributed by atoms with Crippen molar-refractivity contribution < 1.29 is 47.4 Å². The molecule has 1 rings (SSSR count). The molecule has 0 aliphatic carbocycles. The molecule has 1 N–H and O–H groups in total. The van der Waals surface area contributed by atoms with E-state index in [1.807, 2.05) is 40.1 Å². The molecule has 13 nitrogen and oxygen atoms in total. The molecule has 0 fully saturated rings. The van der Waals surface area contributed by atoms with E-state index in [9.17, 15) is 24.0 Å². The summed E-state index contributed by atoms with van der Waals surface area (Å²) in [5.41, 5.74) is -1.19. The van der Waals surface area contributed by atoms with Gasteiger partial charge in [0.05, 0.1) is 50.2 Å². The predicted molar refractivity (Wildman–Crippen MR) is 222 cm³/mol. The first-order chi connectivity index (χ1) is 26.4. The summed E-state index contributed by atoms with van der Waals surface area (Å²) in [5, 5.41) is 3.92. The van der Waals surface area contributed by atoms with Crippen LogP contribution >= 0.6 is 11.6 Å². The lowest BCUT2D eigenvalue weighted by molar-refractivity contribution is -0.870. The van der Waals surface area contributed by atoms with Crippen molar-refractivity contribution in [3.8, 4) is 18.1 Å². The first-order valence-electron chi connectivity index (χ1n) is 19.6. The number of hydrogen-bond acceptors (Lipinski definition) is 11. The molecule has 1 amide bonds. The molecule has 0 radical (unpaired) electrons. The van der Waals surface area contributed by atoms with Crippen LogP contribution in [-0.4, -0.2) is 118 Å². The highest BCUT2D eigenvalue weighted by molar-refractivity contribution is 6.33. The largest absolute Gasteiger partial charge is 0.465 e. The number of nitrogens with one attached hydrogen (secondary N) is 1. The van der Waals surface area contributed by atoms with Crippen LogP contribution in [0.4, 0.5) is 0 Å². The molecule has 0 aliphatic heterocycles. The smallest absolute Gasteiger partial charge is 0.327 e. The van der Waals surface area contributed by atoms with Crippen LogP contribution in [-0.2, 0) is 38.2 Å². The number of likely N-dealkylation sites (N-methyl/N-ethyl adjacent to an activating group) is 2. The highest BCUT2D eigenvalue weighted by Crippen LogP contribution is 2.48. The van der Waals surface area contributed by atoms with Crippen molar-refractivity contribution in [2.24, 2.45) is 21.3 Å². The number of carbonyl (C=O) groups excluding carboxylic acids is 5. The number of rotatable bonds is 26. The average Bonchev–Trinajstić information content (AvgIpc) is 3.09. The molecular formula is C43H68ClN4O9+. The number of nitrogens with zero attached hydrogens (tertiary/aromatic N) is 3. The van der Waals surface area contributed by atoms with E-state index < -0.39 is 45.0 Å². The van der Waals surface area contributed by atoms with Gasteiger partial charge < -0.3 is 28.3 Å². The zero-order chi connectivity index (χ0) is 43.5. The molecule has 0 aliphatic rings. The van der Waals surface area contributed by atoms with Crippen molar-refractivity contribution in [3.05, 3.63) is 29.8 Å². The molecule has 0 spiro atoms. The quantitative estimate of drug-likeness (QED) is 0.0133. The SMILES string of the molecule is C#CCCC(=O)N/N=C/c1ccc(OC(=O)C(C)(C)CC(C)(CC(C)(CC(C)(Cl)C(=O)OCC[N+](C)(C)C)C(=O)OCCN(C)C)C(=O)OCCCCCC)cc1. The number of esters is 4. The number of amides is 1. The molecule has 320 valence electrons. The van der Waals surface area contributed by atoms with E-state index >= 15 is 0 Å². The van der Waals surface area contributed by atoms with Crippen molar-refractivity contribution >= 4 is 47.6 Å². The van der Waals surface area contributed by atoms with E-state index in [1.54, 1.807) is 52.0 Å². The van der Waals surface area contributed by atoms with Crippen molar-refractivity contribution in [1.82, 2.24) is 10.3 Å². The Labute approximate surface area is 346 Å². The lowest BCUT2D eigenvalue weighted by atomic mass is 9.64. The zero-order valence-corrected chi connectivity index (χ0v) is 37.0. The summed E-state index contributed by atoms with van der Waals surface area (Å²) < 4.78 is 23.6. The molecule has 0 saturated heterocycles. The third-order valence-corrected chi connectivity index (χ3v) is 9.57. The summed E-state index contributed by atoms with van der Waals surface area (Å²) in [6.45, 7) is 11.5. The zero-order valence-electron chi connectivity index (χ0n) is 36.3. The van der Waals surface area contributed by atoms with Crippen LogP contribution in [0.2, 0.25) is 0 Å². The number of quaternary nitrogens is 1. The minimum Gasteiger partial charge on any atom is -0.465 e. The summed E-state index contributed by atoms with van der Waals surface area (Å²) in [4.78, 5) is 67.5. The van der Waals surface area contributed by atoms with Crippen LogP contribution in [0.15, 0.2) is 29.4 Å². The number of halogens is 1. The van der Waals surface area contributed by atoms with Crippen molar-refractivity contribution in [2.45, 2.75) is 104 Å². The van der Waals surface area contributed by atoms with Crippen LogP contribution in [0.1, 0.15) is 105 Å². The van der Waals surface area contributed by atoms with Gasteiger partial charge in [0.25, 0.3) is 0 Å². The van der Waals surface area contributed by atoms with Gasteiger partial charge in [-0.2, -0.15) is 5.10 Å². The van der Waals surface area contributed by atoms with E-state index in [1.165, 1.54) is 13.1 Å². The van der Waals surface area contributed by atoms with Gasteiger partial charge in [-0.15, -0.1) is 23.9 Å². The van der Waals surface area contributed by atoms with Crippen LogP contribution in [0, 0.1) is 28.6 Å². The molecular weight excluding hydrogens is 752 g/mol. The molecule has 3 unspecified atom stereocenters. The summed E-state index contributed by atoms with van der Waals surface area (Å²) >= 11 is 6.92. The number of benzene rings is 1. The Hall–Kier alpha value is -3.99. The van der Waals surface area contributed by atoms with Gasteiger partial charge >= 0.3 is 23.9 Å². The lowest BCUT2D eigenvalue weighted by Crippen LogP contribution is -2.48. The summed E-state index contributed by atoms with van der Waals surface area (Å²) in [6.07, 6.45) is 10.2. The summed E-state index contributed by atoms with van der Waals surface area (Å²) in [6, 6.07) is 6.49. The molecule has 0 bridgehead atoms. The second-order valence-electron chi connectivity index (χ2n) is 17.5. The maximum atomic E-state index is 14.2. The molecule has 0 aromatic heterocycles. The minimum atomic E-state index is -1.66. The fourth-order valence-corrected chi connectivity index (χ4v) is 6.69. The number of hydrazone groups is 1. The molecule has 57 heavy (non-hydrogen) atoms. The first kappa shape index (κ1) is 51.0. The monoisotopic (exact) mass is 819 g/mol. The molecule has 1 aromatic rings. The average molecular weight is 820 g/mol. The van der Waals surface area contributed by atoms with Gasteiger partial charge in [-0.05, 0) is 104 Å². The van der Waals surface area contributed by atoms with Gasteiger partial charge in [-0.3, -0.25) is 24.0 Å². The fraction of sp³-hybridized carbons (Fsp3) is 0.674. The topological polar surface area (TPSA) is 150 Å². The van der Waals surface area contributed by atoms with Crippen molar-refractivity contribution in [2.75, 3.05) is 68.1 Å². The number of hydrogen-bond donors (Lipinski definition) is 1. The number of terminal acetylenes is 1. The van der Waals surface area contributed by atoms with Crippen LogP contribution in [0.5, 0.6) is 5.75 Å². The Morgan fingerprint density at radius 2 is 1.40 bits per heavy atom. The fourth-order valence-electron chi connectivity index (χ4n) is 6.34. The number of unbranched alkanes of at least 4 members (excludes halogenated alkanes) is 3. The Balaban J connectivity index is 3.46. The molecule has 0 saturated carbocycles. The maximum absolute atomic E-state index is 14.2. The first-order valence-corrected chi connectivity index (χ1v) is 20.0. The predicted octanol–water partition coefficient (Wildman–Crippen LogP) is 6.14. The second kappa shape index (κ2) is 23.4. The van der Waals surface area contributed by atoms with Gasteiger partial charge in [0.1, 0.15) is 30.4 Å². The molecule has 14 heteroatoms. The third-order valence-electron chi connectivity index (χ3n) is 9.29. The maximum Gasteiger partial charge on any atom is 0.327 e. The van der Waals surface area contributed by atoms with E-state index in [4.69, 9.17) is 37.0 Å².